The van der Waals surface area contributed by atoms with Gasteiger partial charge in [-0.2, -0.15) is 0 Å². The molecule has 2 aliphatic heterocycles. The van der Waals surface area contributed by atoms with Crippen molar-refractivity contribution in [3.05, 3.63) is 56.5 Å². The molecule has 19 heteroatoms. The van der Waals surface area contributed by atoms with E-state index in [1.807, 2.05) is 4.57 Å². The van der Waals surface area contributed by atoms with Gasteiger partial charge in [0.2, 0.25) is 6.61 Å². The number of carbonyl (C=O) groups is 4. The number of hydrogen-bond donors (Lipinski definition) is 4. The van der Waals surface area contributed by atoms with Gasteiger partial charge in [-0.25, -0.2) is 23.5 Å². The third-order valence-corrected chi connectivity index (χ3v) is 9.00. The zero-order valence-electron chi connectivity index (χ0n) is 22.0. The third-order valence-electron chi connectivity index (χ3n) is 5.90. The number of amides is 2. The number of β-lactam (4-membered cyclic amide) rings is 1. The number of aromatic nitrogens is 3. The van der Waals surface area contributed by atoms with Crippen LogP contribution >= 0.6 is 50.6 Å². The van der Waals surface area contributed by atoms with E-state index in [1.165, 1.54) is 11.8 Å². The monoisotopic (exact) mass is 694 g/mol. The smallest absolute Gasteiger partial charge is 1.00 e. The summed E-state index contributed by atoms with van der Waals surface area (Å²) in [6.07, 6.45) is 5.29. The maximum Gasteiger partial charge on any atom is 1.00 e. The van der Waals surface area contributed by atoms with Crippen LogP contribution in [0.2, 0.25) is 5.02 Å². The second-order valence-corrected chi connectivity index (χ2v) is 12.3. The number of carbonyl (C=O) groups excluding carboxylic acids is 2. The summed E-state index contributed by atoms with van der Waals surface area (Å²) in [6.45, 7) is -0.600. The van der Waals surface area contributed by atoms with Crippen molar-refractivity contribution in [1.82, 2.24) is 19.6 Å². The predicted molar refractivity (Wildman–Crippen MR) is 148 cm³/mol. The van der Waals surface area contributed by atoms with Crippen molar-refractivity contribution in [1.29, 1.82) is 0 Å². The summed E-state index contributed by atoms with van der Waals surface area (Å²) in [6, 6.07) is 2.45. The standard InChI is InChI=1S/C22H17BrClN7O7S2.Na.H/c23-17-13(27-22(25)40-17)14(28-38-7-12(32)33)18(34)26-15-19(35)31-16(21(36)37)9(8-39-20(15)31)5-29-3-4-30-6-10(24)1-2-11(29)30;;/h1-4,6,15,20H,5,7-8H2,(H4-,25,26,27,32,33,34,36,37);;/q;+1;-1/p+1/b28-14-;;/t15-,20-;;/m1../s1. The predicted octanol–water partition coefficient (Wildman–Crippen LogP) is -1.96. The zero-order valence-corrected chi connectivity index (χ0v) is 27.0. The molecule has 0 saturated carbocycles. The van der Waals surface area contributed by atoms with Crippen molar-refractivity contribution < 1.29 is 69.8 Å². The van der Waals surface area contributed by atoms with E-state index in [0.717, 1.165) is 21.9 Å². The summed E-state index contributed by atoms with van der Waals surface area (Å²) < 4.78 is 3.98. The number of imidazole rings is 1. The van der Waals surface area contributed by atoms with Crippen molar-refractivity contribution in [2.45, 2.75) is 18.0 Å². The second-order valence-electron chi connectivity index (χ2n) is 8.44. The van der Waals surface area contributed by atoms with Crippen LogP contribution in [-0.4, -0.2) is 77.7 Å². The number of aliphatic carboxylic acids is 2. The van der Waals surface area contributed by atoms with E-state index in [4.69, 9.17) is 27.3 Å². The van der Waals surface area contributed by atoms with E-state index in [2.05, 4.69) is 31.4 Å². The number of nitrogen functional groups attached to an aromatic ring is 1. The SMILES string of the molecule is Nc1nc(/C(=N/OCC(=O)O)C(=O)N[C@@H]2C(=O)N3C(C(=O)O)=C(C[n+]4ccn5cc(Cl)ccc54)CS[C@H]23)c(Br)s1.[H-].[Na+]. The topological polar surface area (TPSA) is 193 Å². The molecule has 210 valence electrons. The molecule has 0 aliphatic carbocycles. The van der Waals surface area contributed by atoms with E-state index in [-0.39, 0.29) is 59.8 Å². The molecule has 1 saturated heterocycles. The largest absolute Gasteiger partial charge is 1.00 e. The number of nitrogens with one attached hydrogen (secondary N) is 1. The van der Waals surface area contributed by atoms with Gasteiger partial charge < -0.3 is 27.5 Å². The van der Waals surface area contributed by atoms with E-state index in [0.29, 0.717) is 14.4 Å². The van der Waals surface area contributed by atoms with Crippen LogP contribution < -0.4 is 45.2 Å². The minimum Gasteiger partial charge on any atom is -1.00 e. The number of pyridine rings is 1. The molecule has 2 atom stereocenters. The summed E-state index contributed by atoms with van der Waals surface area (Å²) in [5, 5.41) is 25.0. The number of nitrogens with two attached hydrogens (primary N) is 1. The summed E-state index contributed by atoms with van der Waals surface area (Å²) in [5.41, 5.74) is 6.45. The molecule has 41 heavy (non-hydrogen) atoms. The number of rotatable bonds is 9. The van der Waals surface area contributed by atoms with Crippen molar-refractivity contribution in [2.24, 2.45) is 5.16 Å². The molecule has 0 spiro atoms. The molecule has 2 aliphatic rings. The minimum atomic E-state index is -1.32. The van der Waals surface area contributed by atoms with Gasteiger partial charge in [-0.05, 0) is 22.0 Å². The Morgan fingerprint density at radius 2 is 2.12 bits per heavy atom. The molecule has 5 rings (SSSR count). The fourth-order valence-corrected chi connectivity index (χ4v) is 7.07. The Kier molecular flexibility index (Phi) is 9.67. The number of carboxylic acids is 2. The maximum absolute atomic E-state index is 13.2. The normalized spacial score (nSPS) is 18.4. The Hall–Kier alpha value is -2.67. The molecule has 1 fully saturated rings. The van der Waals surface area contributed by atoms with Crippen LogP contribution in [0.4, 0.5) is 5.13 Å². The Balaban J connectivity index is 0.00000242. The molecule has 0 unspecified atom stereocenters. The van der Waals surface area contributed by atoms with Crippen molar-refractivity contribution >= 4 is 90.9 Å². The Morgan fingerprint density at radius 1 is 1.37 bits per heavy atom. The molecule has 0 radical (unpaired) electrons. The third kappa shape index (κ3) is 6.25. The first kappa shape index (κ1) is 31.3. The van der Waals surface area contributed by atoms with Crippen LogP contribution in [0.25, 0.3) is 5.65 Å². The number of nitrogens with zero attached hydrogens (tertiary/aromatic N) is 5. The minimum absolute atomic E-state index is 0. The number of oxime groups is 1. The molecule has 0 bridgehead atoms. The van der Waals surface area contributed by atoms with Crippen LogP contribution in [-0.2, 0) is 30.6 Å². The number of carboxylic acid groups (broad SMARTS) is 2. The van der Waals surface area contributed by atoms with Crippen molar-refractivity contribution in [3.8, 4) is 0 Å². The first-order chi connectivity index (χ1) is 19.0. The van der Waals surface area contributed by atoms with Gasteiger partial charge >= 0.3 is 41.5 Å². The van der Waals surface area contributed by atoms with Gasteiger partial charge in [0.25, 0.3) is 17.5 Å². The second kappa shape index (κ2) is 12.7. The quantitative estimate of drug-likeness (QED) is 0.0643. The summed E-state index contributed by atoms with van der Waals surface area (Å²) in [4.78, 5) is 59.4. The number of hydrogen-bond acceptors (Lipinski definition) is 10. The zero-order chi connectivity index (χ0) is 28.7. The van der Waals surface area contributed by atoms with Crippen LogP contribution in [0.1, 0.15) is 7.12 Å². The summed E-state index contributed by atoms with van der Waals surface area (Å²) in [7, 11) is 0. The fourth-order valence-electron chi connectivity index (χ4n) is 4.24. The van der Waals surface area contributed by atoms with Crippen LogP contribution in [0.3, 0.4) is 0 Å². The van der Waals surface area contributed by atoms with Crippen molar-refractivity contribution in [2.75, 3.05) is 18.1 Å². The molecule has 3 aromatic rings. The van der Waals surface area contributed by atoms with Crippen molar-refractivity contribution in [3.63, 3.8) is 0 Å². The fraction of sp³-hybridized carbons (Fsp3) is 0.227. The summed E-state index contributed by atoms with van der Waals surface area (Å²) in [5.74, 6) is -3.80. The van der Waals surface area contributed by atoms with E-state index in [9.17, 15) is 24.3 Å². The van der Waals surface area contributed by atoms with Crippen LogP contribution in [0, 0.1) is 0 Å². The number of thioether (sulfide) groups is 1. The average molecular weight is 696 g/mol. The molecule has 0 aromatic carbocycles. The molecule has 2 amide bonds. The molecular weight excluding hydrogens is 677 g/mol. The average Bonchev–Trinajstić information content (AvgIpc) is 3.45. The van der Waals surface area contributed by atoms with E-state index < -0.39 is 47.5 Å². The van der Waals surface area contributed by atoms with E-state index >= 15 is 0 Å². The number of anilines is 1. The van der Waals surface area contributed by atoms with E-state index in [1.54, 1.807) is 35.1 Å². The Labute approximate surface area is 276 Å². The number of fused-ring (bicyclic) bond motifs is 2. The van der Waals surface area contributed by atoms with Gasteiger partial charge in [0.1, 0.15) is 51.7 Å². The van der Waals surface area contributed by atoms with Gasteiger partial charge in [0.15, 0.2) is 10.8 Å². The van der Waals surface area contributed by atoms with Crippen LogP contribution in [0.15, 0.2) is 50.9 Å². The first-order valence-electron chi connectivity index (χ1n) is 11.3. The number of thiazole rings is 1. The summed E-state index contributed by atoms with van der Waals surface area (Å²) >= 11 is 11.6. The molecular formula is C22H19BrClN7NaO7S2+. The maximum atomic E-state index is 13.2. The Bertz CT molecular complexity index is 1650. The van der Waals surface area contributed by atoms with Gasteiger partial charge in [0, 0.05) is 17.4 Å². The Morgan fingerprint density at radius 3 is 2.78 bits per heavy atom. The first-order valence-corrected chi connectivity index (χ1v) is 14.3. The molecule has 14 nitrogen and oxygen atoms in total. The molecule has 5 N–H and O–H groups in total. The molecule has 5 heterocycles. The van der Waals surface area contributed by atoms with Gasteiger partial charge in [-0.15, -0.1) is 11.8 Å². The van der Waals surface area contributed by atoms with Gasteiger partial charge in [-0.1, -0.05) is 28.1 Å². The number of halogens is 2. The van der Waals surface area contributed by atoms with Gasteiger partial charge in [0.05, 0.1) is 5.02 Å². The molecule has 3 aromatic heterocycles. The van der Waals surface area contributed by atoms with Crippen LogP contribution in [0.5, 0.6) is 0 Å². The van der Waals surface area contributed by atoms with Gasteiger partial charge in [-0.3, -0.25) is 14.5 Å².